The molecule has 1 heterocycles. The number of carbonyl (C=O) groups excluding carboxylic acids is 1. The Morgan fingerprint density at radius 2 is 2.00 bits per heavy atom. The molecule has 0 bridgehead atoms. The average molecular weight is 394 g/mol. The number of nitrogens with zero attached hydrogens (tertiary/aromatic N) is 1. The zero-order valence-corrected chi connectivity index (χ0v) is 15.0. The zero-order chi connectivity index (χ0) is 19.1. The Balaban J connectivity index is 2.36. The summed E-state index contributed by atoms with van der Waals surface area (Å²) >= 11 is 6.07. The van der Waals surface area contributed by atoms with Crippen molar-refractivity contribution < 1.29 is 17.6 Å². The lowest BCUT2D eigenvalue weighted by atomic mass is 10.1. The van der Waals surface area contributed by atoms with Gasteiger partial charge in [-0.25, -0.2) is 12.8 Å². The second-order valence-corrected chi connectivity index (χ2v) is 8.04. The summed E-state index contributed by atoms with van der Waals surface area (Å²) in [6.45, 7) is 0. The lowest BCUT2D eigenvalue weighted by Gasteiger charge is -2.15. The van der Waals surface area contributed by atoms with Crippen molar-refractivity contribution in [3.63, 3.8) is 0 Å². The van der Waals surface area contributed by atoms with Gasteiger partial charge < -0.3 is 11.1 Å². The third kappa shape index (κ3) is 3.47. The zero-order valence-electron chi connectivity index (χ0n) is 13.5. The quantitative estimate of drug-likeness (QED) is 0.708. The van der Waals surface area contributed by atoms with Crippen LogP contribution < -0.4 is 11.1 Å². The molecule has 0 saturated carbocycles. The van der Waals surface area contributed by atoms with Gasteiger partial charge in [0.2, 0.25) is 0 Å². The molecular formula is C17H13ClFN3O3S. The van der Waals surface area contributed by atoms with Crippen LogP contribution >= 0.6 is 11.6 Å². The van der Waals surface area contributed by atoms with E-state index in [-0.39, 0.29) is 32.1 Å². The number of hydrogen-bond donors (Lipinski definition) is 2. The van der Waals surface area contributed by atoms with Gasteiger partial charge in [0.15, 0.2) is 9.84 Å². The molecule has 6 nitrogen and oxygen atoms in total. The number of hydrogen-bond acceptors (Lipinski definition) is 5. The maximum absolute atomic E-state index is 13.5. The van der Waals surface area contributed by atoms with Gasteiger partial charge in [-0.15, -0.1) is 0 Å². The first-order valence-corrected chi connectivity index (χ1v) is 9.58. The monoisotopic (exact) mass is 393 g/mol. The lowest BCUT2D eigenvalue weighted by molar-refractivity contribution is 0.100. The van der Waals surface area contributed by atoms with Gasteiger partial charge in [0.05, 0.1) is 21.7 Å². The summed E-state index contributed by atoms with van der Waals surface area (Å²) < 4.78 is 37.6. The Kier molecular flexibility index (Phi) is 4.55. The molecule has 0 fully saturated rings. The van der Waals surface area contributed by atoms with Crippen LogP contribution in [0.25, 0.3) is 10.9 Å². The molecule has 0 saturated heterocycles. The summed E-state index contributed by atoms with van der Waals surface area (Å²) in [7, 11) is -3.63. The molecule has 0 atom stereocenters. The number of fused-ring (bicyclic) bond motifs is 1. The van der Waals surface area contributed by atoms with Crippen LogP contribution in [0.5, 0.6) is 0 Å². The molecule has 9 heteroatoms. The SMILES string of the molecule is CS(=O)(=O)c1cc(Cl)cc2c(Nc3cccc(F)c3)c(C(N)=O)cnc12. The maximum atomic E-state index is 13.5. The fourth-order valence-electron chi connectivity index (χ4n) is 2.55. The fraction of sp³-hybridized carbons (Fsp3) is 0.0588. The molecule has 0 aliphatic rings. The van der Waals surface area contributed by atoms with Crippen molar-refractivity contribution in [2.24, 2.45) is 5.73 Å². The Morgan fingerprint density at radius 1 is 1.27 bits per heavy atom. The van der Waals surface area contributed by atoms with E-state index in [2.05, 4.69) is 10.3 Å². The molecule has 0 aliphatic heterocycles. The largest absolute Gasteiger partial charge is 0.365 e. The minimum absolute atomic E-state index is 0.0171. The topological polar surface area (TPSA) is 102 Å². The number of nitrogens with one attached hydrogen (secondary N) is 1. The van der Waals surface area contributed by atoms with Gasteiger partial charge in [0.25, 0.3) is 5.91 Å². The fourth-order valence-corrected chi connectivity index (χ4v) is 3.69. The molecule has 3 N–H and O–H groups in total. The Hall–Kier alpha value is -2.71. The first-order valence-electron chi connectivity index (χ1n) is 7.31. The molecule has 1 aromatic heterocycles. The van der Waals surface area contributed by atoms with E-state index < -0.39 is 21.6 Å². The molecule has 26 heavy (non-hydrogen) atoms. The minimum atomic E-state index is -3.63. The second kappa shape index (κ2) is 6.54. The van der Waals surface area contributed by atoms with Crippen LogP contribution in [0.15, 0.2) is 47.5 Å². The average Bonchev–Trinajstić information content (AvgIpc) is 2.53. The predicted octanol–water partition coefficient (Wildman–Crippen LogP) is 3.27. The van der Waals surface area contributed by atoms with E-state index in [1.807, 2.05) is 0 Å². The van der Waals surface area contributed by atoms with Crippen LogP contribution in [0, 0.1) is 5.82 Å². The number of carbonyl (C=O) groups is 1. The lowest BCUT2D eigenvalue weighted by Crippen LogP contribution is -2.14. The van der Waals surface area contributed by atoms with Gasteiger partial charge >= 0.3 is 0 Å². The van der Waals surface area contributed by atoms with E-state index in [0.29, 0.717) is 5.69 Å². The number of sulfone groups is 1. The highest BCUT2D eigenvalue weighted by molar-refractivity contribution is 7.91. The standard InChI is InChI=1S/C17H13ClFN3O3S/c1-26(24,25)14-6-9(18)5-12-15(13(17(20)23)8-21-16(12)14)22-11-4-2-3-10(19)7-11/h2-8H,1H3,(H2,20,23)(H,21,22). The molecule has 0 radical (unpaired) electrons. The smallest absolute Gasteiger partial charge is 0.252 e. The Labute approximate surface area is 153 Å². The van der Waals surface area contributed by atoms with E-state index in [1.165, 1.54) is 36.5 Å². The van der Waals surface area contributed by atoms with Crippen molar-refractivity contribution in [3.8, 4) is 0 Å². The highest BCUT2D eigenvalue weighted by Gasteiger charge is 2.20. The van der Waals surface area contributed by atoms with Crippen molar-refractivity contribution >= 4 is 49.6 Å². The number of pyridine rings is 1. The number of amides is 1. The summed E-state index contributed by atoms with van der Waals surface area (Å²) in [6.07, 6.45) is 2.20. The van der Waals surface area contributed by atoms with Gasteiger partial charge in [-0.2, -0.15) is 0 Å². The van der Waals surface area contributed by atoms with E-state index in [1.54, 1.807) is 6.07 Å². The van der Waals surface area contributed by atoms with Crippen molar-refractivity contribution in [2.45, 2.75) is 4.90 Å². The molecule has 0 spiro atoms. The van der Waals surface area contributed by atoms with Crippen LogP contribution in [0.3, 0.4) is 0 Å². The van der Waals surface area contributed by atoms with Crippen LogP contribution in [0.1, 0.15) is 10.4 Å². The summed E-state index contributed by atoms with van der Waals surface area (Å²) in [5.41, 5.74) is 6.09. The van der Waals surface area contributed by atoms with Crippen LogP contribution in [-0.2, 0) is 9.84 Å². The number of anilines is 2. The van der Waals surface area contributed by atoms with E-state index in [4.69, 9.17) is 17.3 Å². The Morgan fingerprint density at radius 3 is 2.62 bits per heavy atom. The summed E-state index contributed by atoms with van der Waals surface area (Å²) in [5.74, 6) is -1.26. The van der Waals surface area contributed by atoms with Crippen molar-refractivity contribution in [2.75, 3.05) is 11.6 Å². The molecule has 1 amide bonds. The van der Waals surface area contributed by atoms with Crippen LogP contribution in [0.4, 0.5) is 15.8 Å². The maximum Gasteiger partial charge on any atom is 0.252 e. The highest BCUT2D eigenvalue weighted by Crippen LogP contribution is 2.34. The molecule has 134 valence electrons. The van der Waals surface area contributed by atoms with Crippen molar-refractivity contribution in [1.82, 2.24) is 4.98 Å². The molecule has 2 aromatic carbocycles. The molecule has 3 aromatic rings. The van der Waals surface area contributed by atoms with Crippen LogP contribution in [0.2, 0.25) is 5.02 Å². The van der Waals surface area contributed by atoms with E-state index >= 15 is 0 Å². The molecule has 0 aliphatic carbocycles. The second-order valence-electron chi connectivity index (χ2n) is 5.62. The molecule has 3 rings (SSSR count). The van der Waals surface area contributed by atoms with Crippen LogP contribution in [-0.4, -0.2) is 25.6 Å². The first-order chi connectivity index (χ1) is 12.2. The number of halogens is 2. The van der Waals surface area contributed by atoms with Crippen molar-refractivity contribution in [3.05, 3.63) is 59.0 Å². The number of nitrogens with two attached hydrogens (primary N) is 1. The van der Waals surface area contributed by atoms with Gasteiger partial charge in [-0.1, -0.05) is 17.7 Å². The summed E-state index contributed by atoms with van der Waals surface area (Å²) in [6, 6.07) is 8.30. The molecule has 0 unspecified atom stereocenters. The van der Waals surface area contributed by atoms with E-state index in [9.17, 15) is 17.6 Å². The number of benzene rings is 2. The summed E-state index contributed by atoms with van der Waals surface area (Å²) in [5, 5.41) is 3.33. The number of primary amides is 1. The van der Waals surface area contributed by atoms with Crippen molar-refractivity contribution in [1.29, 1.82) is 0 Å². The highest BCUT2D eigenvalue weighted by atomic mass is 35.5. The van der Waals surface area contributed by atoms with Gasteiger partial charge in [0.1, 0.15) is 5.82 Å². The predicted molar refractivity (Wildman–Crippen MR) is 98.1 cm³/mol. The first kappa shape index (κ1) is 18.1. The third-order valence-corrected chi connectivity index (χ3v) is 4.99. The van der Waals surface area contributed by atoms with E-state index in [0.717, 1.165) is 6.26 Å². The minimum Gasteiger partial charge on any atom is -0.365 e. The number of aromatic nitrogens is 1. The van der Waals surface area contributed by atoms with Gasteiger partial charge in [-0.3, -0.25) is 9.78 Å². The molecular weight excluding hydrogens is 381 g/mol. The Bertz CT molecular complexity index is 1150. The summed E-state index contributed by atoms with van der Waals surface area (Å²) in [4.78, 5) is 15.8. The van der Waals surface area contributed by atoms with Gasteiger partial charge in [-0.05, 0) is 30.3 Å². The van der Waals surface area contributed by atoms with Gasteiger partial charge in [0, 0.05) is 28.5 Å². The third-order valence-electron chi connectivity index (χ3n) is 3.66. The normalized spacial score (nSPS) is 11.5. The number of rotatable bonds is 4.